The third-order valence-corrected chi connectivity index (χ3v) is 4.81. The fourth-order valence-corrected chi connectivity index (χ4v) is 3.20. The van der Waals surface area contributed by atoms with Crippen molar-refractivity contribution in [3.8, 4) is 0 Å². The van der Waals surface area contributed by atoms with Gasteiger partial charge in [0.25, 0.3) is 0 Å². The number of nitrogens with zero attached hydrogens (tertiary/aromatic N) is 3. The molecule has 1 aromatic carbocycles. The average Bonchev–Trinajstić information content (AvgIpc) is 3.08. The van der Waals surface area contributed by atoms with Gasteiger partial charge in [0, 0.05) is 39.0 Å². The molecule has 0 aliphatic carbocycles. The Hall–Kier alpha value is -2.82. The Morgan fingerprint density at radius 2 is 2.04 bits per heavy atom. The minimum absolute atomic E-state index is 0.421. The summed E-state index contributed by atoms with van der Waals surface area (Å²) in [6.45, 7) is 8.09. The number of rotatable bonds is 6. The fraction of sp³-hybridized carbons (Fsp3) is 0.364. The summed E-state index contributed by atoms with van der Waals surface area (Å²) in [6, 6.07) is 12.8. The van der Waals surface area contributed by atoms with Crippen LogP contribution in [-0.4, -0.2) is 35.5 Å². The highest BCUT2D eigenvalue weighted by Gasteiger charge is 2.08. The lowest BCUT2D eigenvalue weighted by Gasteiger charge is -2.16. The van der Waals surface area contributed by atoms with E-state index in [0.717, 1.165) is 36.8 Å². The van der Waals surface area contributed by atoms with Crippen LogP contribution in [-0.2, 0) is 6.42 Å². The summed E-state index contributed by atoms with van der Waals surface area (Å²) in [5.74, 6) is 1.25. The second kappa shape index (κ2) is 8.71. The lowest BCUT2D eigenvalue weighted by atomic mass is 9.99. The summed E-state index contributed by atoms with van der Waals surface area (Å²) in [5, 5.41) is 6.81. The molecule has 27 heavy (non-hydrogen) atoms. The summed E-state index contributed by atoms with van der Waals surface area (Å²) in [7, 11) is 1.81. The van der Waals surface area contributed by atoms with Crippen molar-refractivity contribution in [2.24, 2.45) is 4.99 Å². The van der Waals surface area contributed by atoms with Crippen molar-refractivity contribution in [2.45, 2.75) is 33.1 Å². The second-order valence-electron chi connectivity index (χ2n) is 7.10. The molecule has 0 aliphatic heterocycles. The van der Waals surface area contributed by atoms with Crippen LogP contribution in [0.2, 0.25) is 0 Å². The van der Waals surface area contributed by atoms with Gasteiger partial charge in [0.05, 0.1) is 5.69 Å². The maximum atomic E-state index is 4.72. The van der Waals surface area contributed by atoms with E-state index in [-0.39, 0.29) is 0 Å². The summed E-state index contributed by atoms with van der Waals surface area (Å²) < 4.78 is 2.08. The van der Waals surface area contributed by atoms with Gasteiger partial charge in [-0.1, -0.05) is 42.8 Å². The number of fused-ring (bicyclic) bond motifs is 1. The molecule has 2 aromatic heterocycles. The number of aliphatic imine (C=N–C) groups is 1. The molecule has 2 N–H and O–H groups in total. The van der Waals surface area contributed by atoms with Crippen LogP contribution in [0, 0.1) is 13.8 Å². The SMILES string of the molecule is CN=C(NCCc1cn2cccc(C)c2n1)NCC(C)c1cccc(C)c1. The molecule has 0 saturated carbocycles. The van der Waals surface area contributed by atoms with Gasteiger partial charge in [-0.05, 0) is 37.0 Å². The van der Waals surface area contributed by atoms with Crippen LogP contribution in [0.1, 0.15) is 35.2 Å². The molecule has 0 aliphatic rings. The Morgan fingerprint density at radius 1 is 1.19 bits per heavy atom. The van der Waals surface area contributed by atoms with Gasteiger partial charge in [0.2, 0.25) is 0 Å². The van der Waals surface area contributed by atoms with Crippen molar-refractivity contribution < 1.29 is 0 Å². The molecule has 0 fully saturated rings. The first-order valence-electron chi connectivity index (χ1n) is 9.51. The second-order valence-corrected chi connectivity index (χ2v) is 7.10. The maximum absolute atomic E-state index is 4.72. The normalized spacial score (nSPS) is 13.0. The van der Waals surface area contributed by atoms with E-state index in [1.54, 1.807) is 7.05 Å². The highest BCUT2D eigenvalue weighted by atomic mass is 15.2. The zero-order valence-electron chi connectivity index (χ0n) is 16.7. The van der Waals surface area contributed by atoms with Crippen molar-refractivity contribution in [1.29, 1.82) is 0 Å². The van der Waals surface area contributed by atoms with E-state index in [1.807, 2.05) is 12.3 Å². The number of benzene rings is 1. The van der Waals surface area contributed by atoms with E-state index in [2.05, 4.69) is 77.3 Å². The zero-order valence-corrected chi connectivity index (χ0v) is 16.7. The Labute approximate surface area is 161 Å². The fourth-order valence-electron chi connectivity index (χ4n) is 3.20. The predicted molar refractivity (Wildman–Crippen MR) is 113 cm³/mol. The summed E-state index contributed by atoms with van der Waals surface area (Å²) >= 11 is 0. The Bertz CT molecular complexity index is 925. The molecule has 0 bridgehead atoms. The molecule has 0 spiro atoms. The third-order valence-electron chi connectivity index (χ3n) is 4.81. The minimum Gasteiger partial charge on any atom is -0.356 e. The predicted octanol–water partition coefficient (Wildman–Crippen LogP) is 3.46. The molecule has 2 heterocycles. The number of hydrogen-bond donors (Lipinski definition) is 2. The van der Waals surface area contributed by atoms with Gasteiger partial charge in [0.1, 0.15) is 5.65 Å². The van der Waals surface area contributed by atoms with Crippen LogP contribution in [0.15, 0.2) is 53.8 Å². The van der Waals surface area contributed by atoms with E-state index < -0.39 is 0 Å². The van der Waals surface area contributed by atoms with E-state index >= 15 is 0 Å². The lowest BCUT2D eigenvalue weighted by molar-refractivity contribution is 0.696. The highest BCUT2D eigenvalue weighted by Crippen LogP contribution is 2.15. The standard InChI is InChI=1S/C22H29N5/c1-16-7-5-9-19(13-16)18(3)14-25-22(23-4)24-11-10-20-15-27-12-6-8-17(2)21(27)26-20/h5-9,12-13,15,18H,10-11,14H2,1-4H3,(H2,23,24,25). The maximum Gasteiger partial charge on any atom is 0.191 e. The molecule has 3 aromatic rings. The van der Waals surface area contributed by atoms with Crippen molar-refractivity contribution in [2.75, 3.05) is 20.1 Å². The van der Waals surface area contributed by atoms with Crippen LogP contribution in [0.5, 0.6) is 0 Å². The first kappa shape index (κ1) is 19.0. The lowest BCUT2D eigenvalue weighted by Crippen LogP contribution is -2.39. The van der Waals surface area contributed by atoms with Crippen LogP contribution in [0.4, 0.5) is 0 Å². The quantitative estimate of drug-likeness (QED) is 0.521. The summed E-state index contributed by atoms with van der Waals surface area (Å²) in [5.41, 5.74) is 5.95. The number of aromatic nitrogens is 2. The molecule has 5 heteroatoms. The molecular weight excluding hydrogens is 334 g/mol. The minimum atomic E-state index is 0.421. The van der Waals surface area contributed by atoms with Gasteiger partial charge in [-0.25, -0.2) is 4.98 Å². The molecule has 0 radical (unpaired) electrons. The van der Waals surface area contributed by atoms with Crippen molar-refractivity contribution in [1.82, 2.24) is 20.0 Å². The van der Waals surface area contributed by atoms with Crippen LogP contribution >= 0.6 is 0 Å². The molecule has 1 unspecified atom stereocenters. The van der Waals surface area contributed by atoms with Crippen LogP contribution < -0.4 is 10.6 Å². The van der Waals surface area contributed by atoms with E-state index in [0.29, 0.717) is 5.92 Å². The molecular formula is C22H29N5. The average molecular weight is 364 g/mol. The molecule has 0 saturated heterocycles. The Morgan fingerprint density at radius 3 is 2.78 bits per heavy atom. The van der Waals surface area contributed by atoms with Crippen LogP contribution in [0.3, 0.4) is 0 Å². The monoisotopic (exact) mass is 363 g/mol. The number of guanidine groups is 1. The number of imidazole rings is 1. The molecule has 0 amide bonds. The van der Waals surface area contributed by atoms with Crippen LogP contribution in [0.25, 0.3) is 5.65 Å². The zero-order chi connectivity index (χ0) is 19.2. The van der Waals surface area contributed by atoms with Gasteiger partial charge in [0.15, 0.2) is 5.96 Å². The van der Waals surface area contributed by atoms with Gasteiger partial charge < -0.3 is 15.0 Å². The molecule has 142 valence electrons. The van der Waals surface area contributed by atoms with Crippen molar-refractivity contribution in [3.63, 3.8) is 0 Å². The van der Waals surface area contributed by atoms with E-state index in [4.69, 9.17) is 4.98 Å². The smallest absolute Gasteiger partial charge is 0.191 e. The highest BCUT2D eigenvalue weighted by molar-refractivity contribution is 5.79. The Balaban J connectivity index is 1.49. The van der Waals surface area contributed by atoms with Gasteiger partial charge in [-0.3, -0.25) is 4.99 Å². The molecule has 1 atom stereocenters. The van der Waals surface area contributed by atoms with E-state index in [9.17, 15) is 0 Å². The molecule has 5 nitrogen and oxygen atoms in total. The summed E-state index contributed by atoms with van der Waals surface area (Å²) in [6.07, 6.45) is 4.99. The first-order valence-corrected chi connectivity index (χ1v) is 9.51. The number of pyridine rings is 1. The number of nitrogens with one attached hydrogen (secondary N) is 2. The van der Waals surface area contributed by atoms with Gasteiger partial charge in [-0.15, -0.1) is 0 Å². The summed E-state index contributed by atoms with van der Waals surface area (Å²) in [4.78, 5) is 9.05. The number of aryl methyl sites for hydroxylation is 2. The van der Waals surface area contributed by atoms with Crippen molar-refractivity contribution in [3.05, 3.63) is 71.2 Å². The first-order chi connectivity index (χ1) is 13.1. The third kappa shape index (κ3) is 4.88. The topological polar surface area (TPSA) is 53.7 Å². The van der Waals surface area contributed by atoms with Gasteiger partial charge >= 0.3 is 0 Å². The van der Waals surface area contributed by atoms with E-state index in [1.165, 1.54) is 16.7 Å². The number of hydrogen-bond acceptors (Lipinski definition) is 2. The Kier molecular flexibility index (Phi) is 6.12. The largest absolute Gasteiger partial charge is 0.356 e. The van der Waals surface area contributed by atoms with Gasteiger partial charge in [-0.2, -0.15) is 0 Å². The molecule has 3 rings (SSSR count). The van der Waals surface area contributed by atoms with Crippen molar-refractivity contribution >= 4 is 11.6 Å².